The quantitative estimate of drug-likeness (QED) is 0.546. The minimum atomic E-state index is -1.06. The molecule has 1 rings (SSSR count). The van der Waals surface area contributed by atoms with Gasteiger partial charge in [-0.1, -0.05) is 11.6 Å². The summed E-state index contributed by atoms with van der Waals surface area (Å²) >= 11 is 5.33. The Hall–Kier alpha value is -1.36. The number of hydrogen-bond donors (Lipinski definition) is 1. The standard InChI is InChI=1S/C6H3ClFNO3/c7-3-1-6(10)4(8)2-5(3)9(11)12/h1-2,10H. The number of hydrogen-bond acceptors (Lipinski definition) is 3. The van der Waals surface area contributed by atoms with Gasteiger partial charge in [0, 0.05) is 6.07 Å². The van der Waals surface area contributed by atoms with E-state index in [1.54, 1.807) is 0 Å². The van der Waals surface area contributed by atoms with Crippen LogP contribution in [0.4, 0.5) is 10.1 Å². The van der Waals surface area contributed by atoms with Crippen molar-refractivity contribution in [3.8, 4) is 5.75 Å². The van der Waals surface area contributed by atoms with E-state index in [0.29, 0.717) is 6.07 Å². The van der Waals surface area contributed by atoms with E-state index in [-0.39, 0.29) is 5.02 Å². The predicted molar refractivity (Wildman–Crippen MR) is 39.7 cm³/mol. The Bertz CT molecular complexity index is 342. The van der Waals surface area contributed by atoms with Gasteiger partial charge in [0.2, 0.25) is 0 Å². The van der Waals surface area contributed by atoms with Crippen molar-refractivity contribution in [3.63, 3.8) is 0 Å². The first-order valence-corrected chi connectivity index (χ1v) is 3.22. The number of nitrogens with zero attached hydrogens (tertiary/aromatic N) is 1. The number of nitro groups is 1. The summed E-state index contributed by atoms with van der Waals surface area (Å²) in [6, 6.07) is 1.35. The van der Waals surface area contributed by atoms with Gasteiger partial charge >= 0.3 is 0 Å². The zero-order valence-electron chi connectivity index (χ0n) is 5.62. The van der Waals surface area contributed by atoms with Gasteiger partial charge in [-0.25, -0.2) is 4.39 Å². The summed E-state index contributed by atoms with van der Waals surface area (Å²) in [4.78, 5) is 9.33. The average molecular weight is 192 g/mol. The molecule has 0 spiro atoms. The minimum absolute atomic E-state index is 0.293. The maximum Gasteiger partial charge on any atom is 0.291 e. The number of aromatic hydroxyl groups is 1. The third kappa shape index (κ3) is 1.45. The van der Waals surface area contributed by atoms with E-state index >= 15 is 0 Å². The van der Waals surface area contributed by atoms with Crippen molar-refractivity contribution >= 4 is 17.3 Å². The maximum atomic E-state index is 12.5. The van der Waals surface area contributed by atoms with E-state index in [0.717, 1.165) is 6.07 Å². The van der Waals surface area contributed by atoms with Crippen LogP contribution in [0.2, 0.25) is 5.02 Å². The molecule has 4 nitrogen and oxygen atoms in total. The average Bonchev–Trinajstić information content (AvgIpc) is 1.96. The molecule has 64 valence electrons. The minimum Gasteiger partial charge on any atom is -0.505 e. The van der Waals surface area contributed by atoms with Crippen LogP contribution >= 0.6 is 11.6 Å². The molecule has 0 saturated carbocycles. The van der Waals surface area contributed by atoms with Crippen molar-refractivity contribution < 1.29 is 14.4 Å². The van der Waals surface area contributed by atoms with E-state index < -0.39 is 22.2 Å². The molecule has 0 fully saturated rings. The molecule has 0 aromatic heterocycles. The highest BCUT2D eigenvalue weighted by Crippen LogP contribution is 2.30. The van der Waals surface area contributed by atoms with Crippen LogP contribution in [0.1, 0.15) is 0 Å². The summed E-state index contributed by atoms with van der Waals surface area (Å²) < 4.78 is 12.5. The second-order valence-corrected chi connectivity index (χ2v) is 2.42. The van der Waals surface area contributed by atoms with Crippen molar-refractivity contribution in [2.24, 2.45) is 0 Å². The SMILES string of the molecule is O=[N+]([O-])c1cc(F)c(O)cc1Cl. The van der Waals surface area contributed by atoms with E-state index in [9.17, 15) is 14.5 Å². The van der Waals surface area contributed by atoms with Gasteiger partial charge in [-0.05, 0) is 0 Å². The topological polar surface area (TPSA) is 63.4 Å². The summed E-state index contributed by atoms with van der Waals surface area (Å²) in [7, 11) is 0. The van der Waals surface area contributed by atoms with Gasteiger partial charge < -0.3 is 5.11 Å². The highest BCUT2D eigenvalue weighted by molar-refractivity contribution is 6.32. The van der Waals surface area contributed by atoms with Crippen LogP contribution in [-0.2, 0) is 0 Å². The summed E-state index contributed by atoms with van der Waals surface area (Å²) in [5.41, 5.74) is -0.563. The molecule has 0 amide bonds. The normalized spacial score (nSPS) is 9.83. The van der Waals surface area contributed by atoms with Gasteiger partial charge in [-0.15, -0.1) is 0 Å². The first-order chi connectivity index (χ1) is 5.52. The zero-order valence-corrected chi connectivity index (χ0v) is 6.38. The Kier molecular flexibility index (Phi) is 2.14. The van der Waals surface area contributed by atoms with Crippen LogP contribution in [0.3, 0.4) is 0 Å². The smallest absolute Gasteiger partial charge is 0.291 e. The largest absolute Gasteiger partial charge is 0.505 e. The molecule has 0 unspecified atom stereocenters. The molecule has 0 radical (unpaired) electrons. The molecule has 0 bridgehead atoms. The van der Waals surface area contributed by atoms with Crippen molar-refractivity contribution in [3.05, 3.63) is 33.1 Å². The summed E-state index contributed by atoms with van der Waals surface area (Å²) in [6.45, 7) is 0. The molecule has 1 aromatic carbocycles. The Morgan fingerprint density at radius 2 is 2.17 bits per heavy atom. The molecule has 0 aliphatic heterocycles. The highest BCUT2D eigenvalue weighted by atomic mass is 35.5. The number of rotatable bonds is 1. The van der Waals surface area contributed by atoms with Gasteiger partial charge in [0.15, 0.2) is 11.6 Å². The molecule has 0 aliphatic rings. The predicted octanol–water partition coefficient (Wildman–Crippen LogP) is 2.09. The van der Waals surface area contributed by atoms with E-state index in [1.807, 2.05) is 0 Å². The molecule has 0 saturated heterocycles. The van der Waals surface area contributed by atoms with Gasteiger partial charge in [0.05, 0.1) is 11.0 Å². The van der Waals surface area contributed by atoms with Crippen molar-refractivity contribution in [2.75, 3.05) is 0 Å². The Labute approximate surface area is 71.3 Å². The van der Waals surface area contributed by atoms with Crippen LogP contribution in [0.25, 0.3) is 0 Å². The van der Waals surface area contributed by atoms with E-state index in [2.05, 4.69) is 0 Å². The first kappa shape index (κ1) is 8.73. The first-order valence-electron chi connectivity index (χ1n) is 2.85. The number of benzene rings is 1. The van der Waals surface area contributed by atoms with Gasteiger partial charge in [-0.2, -0.15) is 0 Å². The lowest BCUT2D eigenvalue weighted by molar-refractivity contribution is -0.384. The fraction of sp³-hybridized carbons (Fsp3) is 0. The van der Waals surface area contributed by atoms with Crippen molar-refractivity contribution in [1.82, 2.24) is 0 Å². The summed E-state index contributed by atoms with van der Waals surface area (Å²) in [6.07, 6.45) is 0. The Morgan fingerprint density at radius 1 is 1.58 bits per heavy atom. The molecule has 0 atom stereocenters. The molecule has 6 heteroatoms. The Morgan fingerprint density at radius 3 is 2.67 bits per heavy atom. The molecule has 0 aliphatic carbocycles. The van der Waals surface area contributed by atoms with Crippen molar-refractivity contribution in [2.45, 2.75) is 0 Å². The van der Waals surface area contributed by atoms with E-state index in [1.165, 1.54) is 0 Å². The van der Waals surface area contributed by atoms with Crippen LogP contribution < -0.4 is 0 Å². The van der Waals surface area contributed by atoms with Gasteiger partial charge in [-0.3, -0.25) is 10.1 Å². The maximum absolute atomic E-state index is 12.5. The lowest BCUT2D eigenvalue weighted by atomic mass is 10.3. The second kappa shape index (κ2) is 2.94. The second-order valence-electron chi connectivity index (χ2n) is 2.01. The monoisotopic (exact) mass is 191 g/mol. The molecular formula is C6H3ClFNO3. The summed E-state index contributed by atoms with van der Waals surface area (Å²) in [5, 5.41) is 18.6. The Balaban J connectivity index is 3.33. The van der Waals surface area contributed by atoms with Crippen LogP contribution in [-0.4, -0.2) is 10.0 Å². The molecule has 1 N–H and O–H groups in total. The number of phenolic OH excluding ortho intramolecular Hbond substituents is 1. The summed E-state index contributed by atoms with van der Waals surface area (Å²) in [5.74, 6) is -1.77. The van der Waals surface area contributed by atoms with E-state index in [4.69, 9.17) is 16.7 Å². The highest BCUT2D eigenvalue weighted by Gasteiger charge is 2.16. The van der Waals surface area contributed by atoms with Gasteiger partial charge in [0.1, 0.15) is 5.02 Å². The number of halogens is 2. The van der Waals surface area contributed by atoms with Crippen LogP contribution in [0.15, 0.2) is 12.1 Å². The third-order valence-corrected chi connectivity index (χ3v) is 1.52. The number of nitro benzene ring substituents is 1. The molecular weight excluding hydrogens is 189 g/mol. The lowest BCUT2D eigenvalue weighted by Crippen LogP contribution is -1.90. The third-order valence-electron chi connectivity index (χ3n) is 1.21. The zero-order chi connectivity index (χ0) is 9.30. The fourth-order valence-electron chi connectivity index (χ4n) is 0.666. The molecule has 1 aromatic rings. The van der Waals surface area contributed by atoms with Crippen LogP contribution in [0.5, 0.6) is 5.75 Å². The molecule has 0 heterocycles. The lowest BCUT2D eigenvalue weighted by Gasteiger charge is -1.96. The fourth-order valence-corrected chi connectivity index (χ4v) is 0.893. The van der Waals surface area contributed by atoms with Crippen LogP contribution in [0, 0.1) is 15.9 Å². The number of phenols is 1. The molecule has 12 heavy (non-hydrogen) atoms. The van der Waals surface area contributed by atoms with Gasteiger partial charge in [0.25, 0.3) is 5.69 Å². The van der Waals surface area contributed by atoms with Crippen molar-refractivity contribution in [1.29, 1.82) is 0 Å².